The van der Waals surface area contributed by atoms with Crippen LogP contribution in [-0.2, 0) is 4.79 Å². The molecule has 0 atom stereocenters. The molecule has 0 unspecified atom stereocenters. The van der Waals surface area contributed by atoms with Gasteiger partial charge in [-0.3, -0.25) is 4.90 Å². The van der Waals surface area contributed by atoms with Gasteiger partial charge in [-0.25, -0.2) is 9.59 Å². The molecule has 0 heterocycles. The van der Waals surface area contributed by atoms with Crippen LogP contribution in [0.2, 0.25) is 10.0 Å². The third kappa shape index (κ3) is 2.70. The highest BCUT2D eigenvalue weighted by Crippen LogP contribution is 2.49. The maximum Gasteiger partial charge on any atom is 0.330 e. The number of carbonyl (C=O) groups is 2. The third-order valence-corrected chi connectivity index (χ3v) is 4.62. The number of rotatable bonds is 4. The molecular weight excluding hydrogens is 351 g/mol. The number of primary amides is 1. The molecule has 24 heavy (non-hydrogen) atoms. The molecule has 0 radical (unpaired) electrons. The highest BCUT2D eigenvalue weighted by Gasteiger charge is 2.58. The largest absolute Gasteiger partial charge is 0.479 e. The highest BCUT2D eigenvalue weighted by atomic mass is 35.5. The van der Waals surface area contributed by atoms with Crippen molar-refractivity contribution in [1.82, 2.24) is 0 Å². The van der Waals surface area contributed by atoms with Crippen LogP contribution in [0.25, 0.3) is 11.1 Å². The summed E-state index contributed by atoms with van der Waals surface area (Å²) in [4.78, 5) is 24.9. The Morgan fingerprint density at radius 3 is 2.25 bits per heavy atom. The van der Waals surface area contributed by atoms with Gasteiger partial charge in [-0.05, 0) is 30.5 Å². The van der Waals surface area contributed by atoms with E-state index in [-0.39, 0.29) is 0 Å². The predicted octanol–water partition coefficient (Wildman–Crippen LogP) is 4.16. The van der Waals surface area contributed by atoms with Gasteiger partial charge in [-0.15, -0.1) is 0 Å². The van der Waals surface area contributed by atoms with E-state index in [2.05, 4.69) is 0 Å². The number of hydrogen-bond donors (Lipinski definition) is 2. The van der Waals surface area contributed by atoms with Crippen LogP contribution < -0.4 is 10.6 Å². The summed E-state index contributed by atoms with van der Waals surface area (Å²) in [5.74, 6) is -1.10. The topological polar surface area (TPSA) is 83.6 Å². The van der Waals surface area contributed by atoms with Gasteiger partial charge in [-0.2, -0.15) is 0 Å². The maximum atomic E-state index is 12.1. The molecule has 1 aliphatic rings. The van der Waals surface area contributed by atoms with Gasteiger partial charge in [0.2, 0.25) is 0 Å². The Bertz CT molecular complexity index is 820. The molecule has 5 nitrogen and oxygen atoms in total. The van der Waals surface area contributed by atoms with Crippen LogP contribution in [0.5, 0.6) is 0 Å². The Kier molecular flexibility index (Phi) is 4.15. The number of nitrogens with two attached hydrogens (primary N) is 1. The number of carboxylic acids is 1. The number of hydrogen-bond acceptors (Lipinski definition) is 2. The first-order valence-corrected chi connectivity index (χ1v) is 8.00. The molecular formula is C17H14Cl2N2O3. The van der Waals surface area contributed by atoms with Gasteiger partial charge in [0.1, 0.15) is 5.54 Å². The molecule has 1 aliphatic carbocycles. The van der Waals surface area contributed by atoms with Crippen LogP contribution in [0.4, 0.5) is 10.5 Å². The van der Waals surface area contributed by atoms with Crippen molar-refractivity contribution in [3.63, 3.8) is 0 Å². The second-order valence-corrected chi connectivity index (χ2v) is 6.50. The normalized spacial score (nSPS) is 14.9. The van der Waals surface area contributed by atoms with Crippen molar-refractivity contribution in [3.05, 3.63) is 52.5 Å². The molecule has 2 amide bonds. The number of benzene rings is 2. The average Bonchev–Trinajstić information content (AvgIpc) is 3.29. The van der Waals surface area contributed by atoms with Crippen molar-refractivity contribution in [1.29, 1.82) is 0 Å². The maximum absolute atomic E-state index is 12.1. The zero-order valence-electron chi connectivity index (χ0n) is 12.5. The van der Waals surface area contributed by atoms with Crippen LogP contribution in [0.3, 0.4) is 0 Å². The monoisotopic (exact) mass is 364 g/mol. The fourth-order valence-electron chi connectivity index (χ4n) is 2.84. The number of amides is 2. The molecule has 7 heteroatoms. The SMILES string of the molecule is NC(=O)N(c1cc(Cl)cc(Cl)c1-c1ccccc1)C1(C(=O)O)CC1. The van der Waals surface area contributed by atoms with E-state index < -0.39 is 17.5 Å². The number of anilines is 1. The lowest BCUT2D eigenvalue weighted by Gasteiger charge is -2.30. The van der Waals surface area contributed by atoms with E-state index in [1.807, 2.05) is 30.3 Å². The lowest BCUT2D eigenvalue weighted by molar-refractivity contribution is -0.139. The molecule has 0 saturated heterocycles. The van der Waals surface area contributed by atoms with Gasteiger partial charge in [0.05, 0.1) is 10.7 Å². The van der Waals surface area contributed by atoms with Gasteiger partial charge >= 0.3 is 12.0 Å². The van der Waals surface area contributed by atoms with Gasteiger partial charge in [0, 0.05) is 10.6 Å². The Labute approximate surface area is 148 Å². The van der Waals surface area contributed by atoms with E-state index in [1.54, 1.807) is 6.07 Å². The van der Waals surface area contributed by atoms with Crippen molar-refractivity contribution in [3.8, 4) is 11.1 Å². The smallest absolute Gasteiger partial charge is 0.330 e. The first-order chi connectivity index (χ1) is 11.4. The fourth-order valence-corrected chi connectivity index (χ4v) is 3.43. The van der Waals surface area contributed by atoms with Crippen LogP contribution in [0.1, 0.15) is 12.8 Å². The summed E-state index contributed by atoms with van der Waals surface area (Å²) in [5.41, 5.74) is 5.73. The molecule has 3 N–H and O–H groups in total. The Hall–Kier alpha value is -2.24. The van der Waals surface area contributed by atoms with Gasteiger partial charge < -0.3 is 10.8 Å². The molecule has 0 bridgehead atoms. The van der Waals surface area contributed by atoms with Crippen molar-refractivity contribution in [2.75, 3.05) is 4.90 Å². The van der Waals surface area contributed by atoms with E-state index in [0.29, 0.717) is 34.1 Å². The van der Waals surface area contributed by atoms with Gasteiger partial charge in [0.15, 0.2) is 0 Å². The summed E-state index contributed by atoms with van der Waals surface area (Å²) in [6.07, 6.45) is 0.646. The van der Waals surface area contributed by atoms with E-state index in [1.165, 1.54) is 6.07 Å². The molecule has 0 aromatic heterocycles. The number of urea groups is 1. The minimum absolute atomic E-state index is 0.294. The van der Waals surface area contributed by atoms with Crippen molar-refractivity contribution < 1.29 is 14.7 Å². The second-order valence-electron chi connectivity index (χ2n) is 5.66. The van der Waals surface area contributed by atoms with Gasteiger partial charge in [0.25, 0.3) is 0 Å². The first-order valence-electron chi connectivity index (χ1n) is 7.24. The summed E-state index contributed by atoms with van der Waals surface area (Å²) in [5, 5.41) is 10.2. The summed E-state index contributed by atoms with van der Waals surface area (Å²) < 4.78 is 0. The fraction of sp³-hybridized carbons (Fsp3) is 0.176. The molecule has 3 rings (SSSR count). The van der Waals surface area contributed by atoms with Crippen molar-refractivity contribution in [2.24, 2.45) is 5.73 Å². The van der Waals surface area contributed by atoms with E-state index >= 15 is 0 Å². The number of carbonyl (C=O) groups excluding carboxylic acids is 1. The summed E-state index contributed by atoms with van der Waals surface area (Å²) in [6.45, 7) is 0. The van der Waals surface area contributed by atoms with Crippen LogP contribution in [-0.4, -0.2) is 22.6 Å². The van der Waals surface area contributed by atoms with E-state index in [4.69, 9.17) is 28.9 Å². The quantitative estimate of drug-likeness (QED) is 0.853. The lowest BCUT2D eigenvalue weighted by Crippen LogP contribution is -2.50. The summed E-state index contributed by atoms with van der Waals surface area (Å²) in [6, 6.07) is 11.3. The van der Waals surface area contributed by atoms with Crippen LogP contribution in [0, 0.1) is 0 Å². The number of aliphatic carboxylic acids is 1. The van der Waals surface area contributed by atoms with Gasteiger partial charge in [-0.1, -0.05) is 53.5 Å². The van der Waals surface area contributed by atoms with E-state index in [9.17, 15) is 14.7 Å². The van der Waals surface area contributed by atoms with E-state index in [0.717, 1.165) is 10.5 Å². The number of halogens is 2. The molecule has 1 saturated carbocycles. The summed E-state index contributed by atoms with van der Waals surface area (Å²) >= 11 is 12.5. The minimum atomic E-state index is -1.34. The molecule has 0 aliphatic heterocycles. The summed E-state index contributed by atoms with van der Waals surface area (Å²) in [7, 11) is 0. The molecule has 1 fully saturated rings. The lowest BCUT2D eigenvalue weighted by atomic mass is 10.0. The molecule has 0 spiro atoms. The Balaban J connectivity index is 2.26. The van der Waals surface area contributed by atoms with Crippen molar-refractivity contribution >= 4 is 40.9 Å². The van der Waals surface area contributed by atoms with Crippen LogP contribution >= 0.6 is 23.2 Å². The Morgan fingerprint density at radius 1 is 1.12 bits per heavy atom. The average molecular weight is 365 g/mol. The third-order valence-electron chi connectivity index (χ3n) is 4.11. The Morgan fingerprint density at radius 2 is 1.75 bits per heavy atom. The first kappa shape index (κ1) is 16.6. The molecule has 2 aromatic carbocycles. The number of nitrogens with zero attached hydrogens (tertiary/aromatic N) is 1. The van der Waals surface area contributed by atoms with Crippen molar-refractivity contribution in [2.45, 2.75) is 18.4 Å². The predicted molar refractivity (Wildman–Crippen MR) is 93.6 cm³/mol. The minimum Gasteiger partial charge on any atom is -0.479 e. The number of carboxylic acid groups (broad SMARTS) is 1. The standard InChI is InChI=1S/C17H14Cl2N2O3/c18-11-8-12(19)14(10-4-2-1-3-5-10)13(9-11)21(16(20)24)17(6-7-17)15(22)23/h1-5,8-9H,6-7H2,(H2,20,24)(H,22,23). The van der Waals surface area contributed by atoms with Crippen LogP contribution in [0.15, 0.2) is 42.5 Å². The second kappa shape index (κ2) is 6.00. The zero-order chi connectivity index (χ0) is 17.5. The molecule has 124 valence electrons. The zero-order valence-corrected chi connectivity index (χ0v) is 14.0. The highest BCUT2D eigenvalue weighted by molar-refractivity contribution is 6.37. The molecule has 2 aromatic rings.